The summed E-state index contributed by atoms with van der Waals surface area (Å²) in [5.74, 6) is -0.335. The third-order valence-corrected chi connectivity index (χ3v) is 3.48. The topological polar surface area (TPSA) is 32.7 Å². The second-order valence-corrected chi connectivity index (χ2v) is 5.34. The molecule has 1 heterocycles. The molecule has 19 heavy (non-hydrogen) atoms. The molecule has 1 aliphatic heterocycles. The lowest BCUT2D eigenvalue weighted by Crippen LogP contribution is -2.45. The van der Waals surface area contributed by atoms with Crippen molar-refractivity contribution in [2.75, 3.05) is 19.6 Å². The molecule has 1 N–H and O–H groups in total. The number of hydrogen-bond donors (Lipinski definition) is 1. The van der Waals surface area contributed by atoms with Crippen molar-refractivity contribution in [3.63, 3.8) is 0 Å². The molecule has 1 unspecified atom stereocenters. The van der Waals surface area contributed by atoms with E-state index >= 15 is 0 Å². The third-order valence-electron chi connectivity index (χ3n) is 3.48. The molecule has 0 bridgehead atoms. The Kier molecular flexibility index (Phi) is 4.91. The Balaban J connectivity index is 1.87. The van der Waals surface area contributed by atoms with E-state index in [4.69, 9.17) is 4.74 Å². The van der Waals surface area contributed by atoms with Gasteiger partial charge < -0.3 is 9.84 Å². The first-order chi connectivity index (χ1) is 9.06. The molecule has 1 aromatic carbocycles. The van der Waals surface area contributed by atoms with Crippen LogP contribution >= 0.6 is 0 Å². The zero-order valence-electron chi connectivity index (χ0n) is 11.6. The summed E-state index contributed by atoms with van der Waals surface area (Å²) in [7, 11) is 0. The van der Waals surface area contributed by atoms with Gasteiger partial charge in [-0.2, -0.15) is 0 Å². The van der Waals surface area contributed by atoms with Crippen molar-refractivity contribution in [3.8, 4) is 0 Å². The molecular formula is C15H22FNO2. The van der Waals surface area contributed by atoms with Crippen LogP contribution in [0.5, 0.6) is 0 Å². The molecule has 2 rings (SSSR count). The Morgan fingerprint density at radius 2 is 1.95 bits per heavy atom. The van der Waals surface area contributed by atoms with Crippen LogP contribution in [0, 0.1) is 5.82 Å². The highest BCUT2D eigenvalue weighted by molar-refractivity contribution is 5.19. The van der Waals surface area contributed by atoms with Crippen molar-refractivity contribution in [1.82, 2.24) is 4.90 Å². The molecule has 1 aliphatic rings. The molecule has 0 aromatic heterocycles. The summed E-state index contributed by atoms with van der Waals surface area (Å²) in [4.78, 5) is 2.27. The maximum Gasteiger partial charge on any atom is 0.128 e. The van der Waals surface area contributed by atoms with Gasteiger partial charge in [-0.15, -0.1) is 0 Å². The lowest BCUT2D eigenvalue weighted by atomic mass is 10.1. The van der Waals surface area contributed by atoms with Crippen LogP contribution in [0.4, 0.5) is 4.39 Å². The number of ether oxygens (including phenoxy) is 1. The van der Waals surface area contributed by atoms with Crippen molar-refractivity contribution >= 4 is 0 Å². The molecule has 1 saturated heterocycles. The van der Waals surface area contributed by atoms with E-state index in [0.717, 1.165) is 19.6 Å². The largest absolute Gasteiger partial charge is 0.388 e. The van der Waals surface area contributed by atoms with E-state index in [-0.39, 0.29) is 18.0 Å². The standard InChI is InChI=1S/C15H22FNO2/c1-11-9-17(10-12(2)19-11)8-7-15(18)13-5-3-4-6-14(13)16/h3-6,11-12,15,18H,7-10H2,1-2H3/t11-,12+,15?. The molecular weight excluding hydrogens is 245 g/mol. The highest BCUT2D eigenvalue weighted by Crippen LogP contribution is 2.21. The van der Waals surface area contributed by atoms with Gasteiger partial charge in [-0.05, 0) is 26.3 Å². The van der Waals surface area contributed by atoms with E-state index in [0.29, 0.717) is 12.0 Å². The Bertz CT molecular complexity index is 403. The SMILES string of the molecule is C[C@@H]1CN(CCC(O)c2ccccc2F)C[C@H](C)O1. The minimum atomic E-state index is -0.741. The summed E-state index contributed by atoms with van der Waals surface area (Å²) in [5, 5.41) is 10.1. The van der Waals surface area contributed by atoms with E-state index < -0.39 is 6.10 Å². The number of hydrogen-bond acceptors (Lipinski definition) is 3. The molecule has 0 amide bonds. The van der Waals surface area contributed by atoms with Gasteiger partial charge in [0.05, 0.1) is 18.3 Å². The van der Waals surface area contributed by atoms with Crippen LogP contribution in [-0.2, 0) is 4.74 Å². The first-order valence-corrected chi connectivity index (χ1v) is 6.86. The Morgan fingerprint density at radius 1 is 1.32 bits per heavy atom. The third kappa shape index (κ3) is 4.00. The summed E-state index contributed by atoms with van der Waals surface area (Å²) in [6.45, 7) is 6.60. The molecule has 4 heteroatoms. The highest BCUT2D eigenvalue weighted by Gasteiger charge is 2.23. The highest BCUT2D eigenvalue weighted by atomic mass is 19.1. The summed E-state index contributed by atoms with van der Waals surface area (Å²) in [6.07, 6.45) is 0.235. The molecule has 106 valence electrons. The van der Waals surface area contributed by atoms with Gasteiger partial charge in [-0.3, -0.25) is 4.90 Å². The van der Waals surface area contributed by atoms with E-state index in [2.05, 4.69) is 18.7 Å². The predicted octanol–water partition coefficient (Wildman–Crippen LogP) is 2.36. The number of nitrogens with zero attached hydrogens (tertiary/aromatic N) is 1. The zero-order valence-corrected chi connectivity index (χ0v) is 11.6. The van der Waals surface area contributed by atoms with Crippen LogP contribution in [0.3, 0.4) is 0 Å². The van der Waals surface area contributed by atoms with E-state index in [1.807, 2.05) is 0 Å². The van der Waals surface area contributed by atoms with Gasteiger partial charge in [0.1, 0.15) is 5.82 Å². The molecule has 0 spiro atoms. The first kappa shape index (κ1) is 14.4. The van der Waals surface area contributed by atoms with Gasteiger partial charge in [0, 0.05) is 25.2 Å². The Hall–Kier alpha value is -0.970. The lowest BCUT2D eigenvalue weighted by molar-refractivity contribution is -0.0703. The summed E-state index contributed by atoms with van der Waals surface area (Å²) < 4.78 is 19.2. The fourth-order valence-corrected chi connectivity index (χ4v) is 2.67. The smallest absolute Gasteiger partial charge is 0.128 e. The number of aliphatic hydroxyl groups excluding tert-OH is 1. The van der Waals surface area contributed by atoms with E-state index in [9.17, 15) is 9.50 Å². The quantitative estimate of drug-likeness (QED) is 0.909. The van der Waals surface area contributed by atoms with Crippen molar-refractivity contribution in [1.29, 1.82) is 0 Å². The zero-order chi connectivity index (χ0) is 13.8. The second-order valence-electron chi connectivity index (χ2n) is 5.34. The average Bonchev–Trinajstić information content (AvgIpc) is 2.35. The fraction of sp³-hybridized carbons (Fsp3) is 0.600. The van der Waals surface area contributed by atoms with Crippen molar-refractivity contribution in [3.05, 3.63) is 35.6 Å². The Labute approximate surface area is 114 Å². The molecule has 0 saturated carbocycles. The normalized spacial score (nSPS) is 26.3. The van der Waals surface area contributed by atoms with Gasteiger partial charge in [0.15, 0.2) is 0 Å². The number of morpholine rings is 1. The second kappa shape index (κ2) is 6.46. The van der Waals surface area contributed by atoms with Crippen LogP contribution in [0.25, 0.3) is 0 Å². The number of benzene rings is 1. The minimum absolute atomic E-state index is 0.217. The van der Waals surface area contributed by atoms with Gasteiger partial charge in [0.25, 0.3) is 0 Å². The van der Waals surface area contributed by atoms with Crippen molar-refractivity contribution < 1.29 is 14.2 Å². The summed E-state index contributed by atoms with van der Waals surface area (Å²) >= 11 is 0. The lowest BCUT2D eigenvalue weighted by Gasteiger charge is -2.35. The fourth-order valence-electron chi connectivity index (χ4n) is 2.67. The van der Waals surface area contributed by atoms with Gasteiger partial charge in [-0.25, -0.2) is 4.39 Å². The minimum Gasteiger partial charge on any atom is -0.388 e. The predicted molar refractivity (Wildman–Crippen MR) is 72.4 cm³/mol. The number of halogens is 1. The monoisotopic (exact) mass is 267 g/mol. The van der Waals surface area contributed by atoms with Crippen molar-refractivity contribution in [2.24, 2.45) is 0 Å². The molecule has 0 radical (unpaired) electrons. The molecule has 0 aliphatic carbocycles. The van der Waals surface area contributed by atoms with Gasteiger partial charge >= 0.3 is 0 Å². The van der Waals surface area contributed by atoms with Crippen LogP contribution in [0.15, 0.2) is 24.3 Å². The summed E-state index contributed by atoms with van der Waals surface area (Å²) in [6, 6.07) is 6.42. The maximum atomic E-state index is 13.5. The molecule has 1 aromatic rings. The molecule has 1 fully saturated rings. The van der Waals surface area contributed by atoms with Crippen molar-refractivity contribution in [2.45, 2.75) is 38.6 Å². The van der Waals surface area contributed by atoms with Gasteiger partial charge in [0.2, 0.25) is 0 Å². The summed E-state index contributed by atoms with van der Waals surface area (Å²) in [5.41, 5.74) is 0.386. The Morgan fingerprint density at radius 3 is 2.58 bits per heavy atom. The van der Waals surface area contributed by atoms with Gasteiger partial charge in [-0.1, -0.05) is 18.2 Å². The van der Waals surface area contributed by atoms with E-state index in [1.54, 1.807) is 18.2 Å². The van der Waals surface area contributed by atoms with Crippen LogP contribution < -0.4 is 0 Å². The first-order valence-electron chi connectivity index (χ1n) is 6.86. The van der Waals surface area contributed by atoms with E-state index in [1.165, 1.54) is 6.07 Å². The molecule has 3 atom stereocenters. The van der Waals surface area contributed by atoms with Crippen LogP contribution in [-0.4, -0.2) is 41.8 Å². The number of aliphatic hydroxyl groups is 1. The number of rotatable bonds is 4. The molecule has 3 nitrogen and oxygen atoms in total. The average molecular weight is 267 g/mol. The van der Waals surface area contributed by atoms with Crippen LogP contribution in [0.1, 0.15) is 31.9 Å². The van der Waals surface area contributed by atoms with Crippen LogP contribution in [0.2, 0.25) is 0 Å². The maximum absolute atomic E-state index is 13.5.